The number of rotatable bonds is 6. The van der Waals surface area contributed by atoms with Gasteiger partial charge in [0.1, 0.15) is 0 Å². The maximum Gasteiger partial charge on any atom is 0.237 e. The van der Waals surface area contributed by atoms with Crippen LogP contribution in [0.1, 0.15) is 32.1 Å². The molecule has 1 aliphatic rings. The van der Waals surface area contributed by atoms with Crippen molar-refractivity contribution in [3.05, 3.63) is 54.9 Å². The number of hydrogen-bond donors (Lipinski definition) is 1. The summed E-state index contributed by atoms with van der Waals surface area (Å²) in [7, 11) is 0. The first-order valence-electron chi connectivity index (χ1n) is 9.85. The molecule has 0 radical (unpaired) electrons. The molecule has 2 N–H and O–H groups in total. The Morgan fingerprint density at radius 2 is 1.90 bits per heavy atom. The molecule has 0 bridgehead atoms. The van der Waals surface area contributed by atoms with E-state index in [4.69, 9.17) is 5.84 Å². The molecule has 7 nitrogen and oxygen atoms in total. The highest BCUT2D eigenvalue weighted by Crippen LogP contribution is 2.29. The fraction of sp³-hybridized carbons (Fsp3) is 0.333. The predicted molar refractivity (Wildman–Crippen MR) is 115 cm³/mol. The van der Waals surface area contributed by atoms with Gasteiger partial charge in [0.2, 0.25) is 11.1 Å². The molecule has 0 spiro atoms. The van der Waals surface area contributed by atoms with Crippen molar-refractivity contribution in [2.24, 2.45) is 0 Å². The van der Waals surface area contributed by atoms with Crippen LogP contribution >= 0.6 is 11.8 Å². The minimum Gasteiger partial charge on any atom is -0.335 e. The van der Waals surface area contributed by atoms with E-state index in [9.17, 15) is 4.79 Å². The van der Waals surface area contributed by atoms with Gasteiger partial charge in [-0.25, -0.2) is 4.68 Å². The van der Waals surface area contributed by atoms with Gasteiger partial charge < -0.3 is 10.7 Å². The Labute approximate surface area is 174 Å². The third-order valence-electron chi connectivity index (χ3n) is 5.15. The van der Waals surface area contributed by atoms with Crippen molar-refractivity contribution in [1.82, 2.24) is 19.9 Å². The first-order chi connectivity index (χ1) is 14.2. The number of nitrogens with zero attached hydrogens (tertiary/aromatic N) is 5. The lowest BCUT2D eigenvalue weighted by molar-refractivity contribution is -0.116. The molecule has 1 saturated carbocycles. The fourth-order valence-electron chi connectivity index (χ4n) is 3.75. The van der Waals surface area contributed by atoms with Crippen molar-refractivity contribution in [3.8, 4) is 11.4 Å². The number of carbonyl (C=O) groups excluding carboxylic acids is 1. The van der Waals surface area contributed by atoms with Crippen LogP contribution < -0.4 is 10.7 Å². The van der Waals surface area contributed by atoms with Gasteiger partial charge in [0.05, 0.1) is 5.75 Å². The molecule has 150 valence electrons. The minimum absolute atomic E-state index is 0.0685. The molecular formula is C21H24N6OS. The molecular weight excluding hydrogens is 384 g/mol. The Hall–Kier alpha value is -2.87. The second-order valence-electron chi connectivity index (χ2n) is 7.10. The van der Waals surface area contributed by atoms with Crippen molar-refractivity contribution in [2.45, 2.75) is 43.3 Å². The third kappa shape index (κ3) is 4.42. The van der Waals surface area contributed by atoms with E-state index in [0.29, 0.717) is 11.0 Å². The van der Waals surface area contributed by atoms with Crippen LogP contribution in [0.4, 0.5) is 5.69 Å². The summed E-state index contributed by atoms with van der Waals surface area (Å²) in [6, 6.07) is 13.9. The van der Waals surface area contributed by atoms with E-state index < -0.39 is 0 Å². The number of benzene rings is 1. The number of nitrogens with two attached hydrogens (primary N) is 1. The molecule has 2 aromatic heterocycles. The Balaban J connectivity index is 1.49. The molecule has 1 amide bonds. The zero-order chi connectivity index (χ0) is 20.1. The average molecular weight is 409 g/mol. The van der Waals surface area contributed by atoms with Gasteiger partial charge in [0.15, 0.2) is 5.82 Å². The lowest BCUT2D eigenvalue weighted by atomic mass is 9.93. The summed E-state index contributed by atoms with van der Waals surface area (Å²) in [5.74, 6) is 7.02. The zero-order valence-corrected chi connectivity index (χ0v) is 17.0. The van der Waals surface area contributed by atoms with Crippen LogP contribution in [0.25, 0.3) is 11.4 Å². The molecule has 1 aromatic carbocycles. The molecule has 0 atom stereocenters. The highest BCUT2D eigenvalue weighted by molar-refractivity contribution is 7.99. The summed E-state index contributed by atoms with van der Waals surface area (Å²) in [5.41, 5.74) is 1.74. The Morgan fingerprint density at radius 3 is 2.62 bits per heavy atom. The number of thioether (sulfide) groups is 1. The Kier molecular flexibility index (Phi) is 6.09. The van der Waals surface area contributed by atoms with Crippen LogP contribution in [0.3, 0.4) is 0 Å². The number of amides is 1. The van der Waals surface area contributed by atoms with Gasteiger partial charge in [0, 0.05) is 29.7 Å². The Bertz CT molecular complexity index is 940. The number of carbonyl (C=O) groups is 1. The first kappa shape index (κ1) is 19.4. The minimum atomic E-state index is 0.0685. The molecule has 3 aromatic rings. The zero-order valence-electron chi connectivity index (χ0n) is 16.1. The van der Waals surface area contributed by atoms with Crippen molar-refractivity contribution < 1.29 is 4.79 Å². The van der Waals surface area contributed by atoms with Gasteiger partial charge >= 0.3 is 0 Å². The van der Waals surface area contributed by atoms with Gasteiger partial charge in [-0.2, -0.15) is 0 Å². The van der Waals surface area contributed by atoms with Gasteiger partial charge in [-0.05, 0) is 37.1 Å². The summed E-state index contributed by atoms with van der Waals surface area (Å²) in [5, 5.41) is 8.83. The fourth-order valence-corrected chi connectivity index (χ4v) is 4.47. The highest BCUT2D eigenvalue weighted by atomic mass is 32.2. The summed E-state index contributed by atoms with van der Waals surface area (Å²) >= 11 is 1.31. The number of nitrogen functional groups attached to an aromatic ring is 1. The van der Waals surface area contributed by atoms with E-state index in [2.05, 4.69) is 15.2 Å². The maximum absolute atomic E-state index is 13.2. The van der Waals surface area contributed by atoms with Gasteiger partial charge in [-0.15, -0.1) is 10.2 Å². The van der Waals surface area contributed by atoms with Crippen LogP contribution in [0.2, 0.25) is 0 Å². The largest absolute Gasteiger partial charge is 0.335 e. The van der Waals surface area contributed by atoms with Gasteiger partial charge in [0.25, 0.3) is 0 Å². The van der Waals surface area contributed by atoms with Gasteiger partial charge in [-0.3, -0.25) is 9.78 Å². The maximum atomic E-state index is 13.2. The van der Waals surface area contributed by atoms with Crippen molar-refractivity contribution in [1.29, 1.82) is 0 Å². The summed E-state index contributed by atoms with van der Waals surface area (Å²) in [6.45, 7) is 0. The summed E-state index contributed by atoms with van der Waals surface area (Å²) < 4.78 is 1.42. The highest BCUT2D eigenvalue weighted by Gasteiger charge is 2.27. The van der Waals surface area contributed by atoms with Crippen molar-refractivity contribution in [2.75, 3.05) is 16.5 Å². The number of aromatic nitrogens is 4. The van der Waals surface area contributed by atoms with Crippen molar-refractivity contribution >= 4 is 23.4 Å². The normalized spacial score (nSPS) is 14.6. The van der Waals surface area contributed by atoms with Crippen molar-refractivity contribution in [3.63, 3.8) is 0 Å². The molecule has 8 heteroatoms. The van der Waals surface area contributed by atoms with Gasteiger partial charge in [-0.1, -0.05) is 49.2 Å². The number of anilines is 1. The smallest absolute Gasteiger partial charge is 0.237 e. The van der Waals surface area contributed by atoms with Crippen LogP contribution in [0.15, 0.2) is 60.0 Å². The van der Waals surface area contributed by atoms with Crippen LogP contribution in [0, 0.1) is 0 Å². The monoisotopic (exact) mass is 408 g/mol. The summed E-state index contributed by atoms with van der Waals surface area (Å²) in [4.78, 5) is 19.3. The molecule has 0 aliphatic heterocycles. The molecule has 4 rings (SSSR count). The number of para-hydroxylation sites is 1. The van der Waals surface area contributed by atoms with Crippen LogP contribution in [-0.4, -0.2) is 37.6 Å². The van der Waals surface area contributed by atoms with E-state index >= 15 is 0 Å². The molecule has 0 unspecified atom stereocenters. The van der Waals surface area contributed by atoms with E-state index in [1.165, 1.54) is 35.7 Å². The topological polar surface area (TPSA) is 89.9 Å². The average Bonchev–Trinajstić information content (AvgIpc) is 3.15. The third-order valence-corrected chi connectivity index (χ3v) is 6.08. The molecule has 0 saturated heterocycles. The van der Waals surface area contributed by atoms with E-state index in [0.717, 1.165) is 24.1 Å². The van der Waals surface area contributed by atoms with Crippen LogP contribution in [-0.2, 0) is 4.79 Å². The van der Waals surface area contributed by atoms with E-state index in [1.54, 1.807) is 12.4 Å². The molecule has 1 aliphatic carbocycles. The number of hydrogen-bond acceptors (Lipinski definition) is 6. The lowest BCUT2D eigenvalue weighted by Gasteiger charge is -2.34. The lowest BCUT2D eigenvalue weighted by Crippen LogP contribution is -2.42. The number of pyridine rings is 1. The Morgan fingerprint density at radius 1 is 1.10 bits per heavy atom. The second kappa shape index (κ2) is 9.09. The standard InChI is InChI=1S/C21H24N6OS/c22-27-20(16-8-7-13-23-14-16)24-25-21(27)29-15-19(28)26(17-9-3-1-4-10-17)18-11-5-2-6-12-18/h1,3-4,7-10,13-14,18H,2,5-6,11-12,15,22H2. The molecule has 1 fully saturated rings. The van der Waals surface area contributed by atoms with E-state index in [1.807, 2.05) is 47.4 Å². The SMILES string of the molecule is Nn1c(SCC(=O)N(c2ccccc2)C2CCCCC2)nnc1-c1cccnc1. The van der Waals surface area contributed by atoms with Crippen LogP contribution in [0.5, 0.6) is 0 Å². The summed E-state index contributed by atoms with van der Waals surface area (Å²) in [6.07, 6.45) is 9.05. The first-order valence-corrected chi connectivity index (χ1v) is 10.8. The predicted octanol–water partition coefficient (Wildman–Crippen LogP) is 3.51. The molecule has 29 heavy (non-hydrogen) atoms. The molecule has 2 heterocycles. The quantitative estimate of drug-likeness (QED) is 0.496. The van der Waals surface area contributed by atoms with E-state index in [-0.39, 0.29) is 17.7 Å². The second-order valence-corrected chi connectivity index (χ2v) is 8.04.